The van der Waals surface area contributed by atoms with E-state index < -0.39 is 4.92 Å². The Morgan fingerprint density at radius 2 is 2.06 bits per heavy atom. The summed E-state index contributed by atoms with van der Waals surface area (Å²) >= 11 is 0. The third kappa shape index (κ3) is 2.21. The number of hydrogen-bond donors (Lipinski definition) is 1. The molecule has 2 unspecified atom stereocenters. The lowest BCUT2D eigenvalue weighted by molar-refractivity contribution is -0.390. The fourth-order valence-corrected chi connectivity index (χ4v) is 2.12. The molecule has 0 radical (unpaired) electrons. The molecule has 2 N–H and O–H groups in total. The number of hydrogen-bond acceptors (Lipinski definition) is 4. The van der Waals surface area contributed by atoms with E-state index in [0.717, 1.165) is 0 Å². The van der Waals surface area contributed by atoms with Gasteiger partial charge in [-0.25, -0.2) is 0 Å². The smallest absolute Gasteiger partial charge is 0.358 e. The third-order valence-corrected chi connectivity index (χ3v) is 2.74. The maximum Gasteiger partial charge on any atom is 0.385 e. The first kappa shape index (κ1) is 12.6. The van der Waals surface area contributed by atoms with Crippen LogP contribution in [0.15, 0.2) is 6.33 Å². The molecular formula is C10H18N4O2. The summed E-state index contributed by atoms with van der Waals surface area (Å²) in [6.45, 7) is 5.87. The van der Waals surface area contributed by atoms with Gasteiger partial charge >= 0.3 is 5.82 Å². The normalized spacial score (nSPS) is 15.1. The van der Waals surface area contributed by atoms with Crippen molar-refractivity contribution >= 4 is 5.82 Å². The summed E-state index contributed by atoms with van der Waals surface area (Å²) in [4.78, 5) is 14.2. The zero-order valence-corrected chi connectivity index (χ0v) is 10.0. The average Bonchev–Trinajstić information content (AvgIpc) is 2.47. The molecule has 0 fully saturated rings. The number of nitrogens with two attached hydrogens (primary N) is 1. The van der Waals surface area contributed by atoms with E-state index in [2.05, 4.69) is 4.98 Å². The third-order valence-electron chi connectivity index (χ3n) is 2.74. The first-order chi connectivity index (χ1) is 7.36. The highest BCUT2D eigenvalue weighted by molar-refractivity contribution is 5.32. The molecule has 0 aliphatic heterocycles. The van der Waals surface area contributed by atoms with E-state index >= 15 is 0 Å². The highest BCUT2D eigenvalue weighted by Gasteiger charge is 2.31. The molecular weight excluding hydrogens is 208 g/mol. The van der Waals surface area contributed by atoms with Gasteiger partial charge in [0.1, 0.15) is 5.69 Å². The van der Waals surface area contributed by atoms with Crippen molar-refractivity contribution in [3.8, 4) is 0 Å². The number of nitro groups is 1. The van der Waals surface area contributed by atoms with E-state index in [0.29, 0.717) is 5.69 Å². The Labute approximate surface area is 94.6 Å². The van der Waals surface area contributed by atoms with Gasteiger partial charge in [0.15, 0.2) is 0 Å². The Kier molecular flexibility index (Phi) is 3.64. The van der Waals surface area contributed by atoms with Gasteiger partial charge in [0.25, 0.3) is 0 Å². The topological polar surface area (TPSA) is 87.0 Å². The number of aryl methyl sites for hydroxylation is 1. The minimum atomic E-state index is -0.451. The molecule has 0 saturated carbocycles. The van der Waals surface area contributed by atoms with E-state index in [4.69, 9.17) is 5.73 Å². The number of aromatic nitrogens is 2. The van der Waals surface area contributed by atoms with Crippen molar-refractivity contribution in [2.45, 2.75) is 32.7 Å². The van der Waals surface area contributed by atoms with Crippen LogP contribution in [-0.4, -0.2) is 20.5 Å². The predicted molar refractivity (Wildman–Crippen MR) is 61.1 cm³/mol. The summed E-state index contributed by atoms with van der Waals surface area (Å²) in [5.41, 5.74) is 6.51. The van der Waals surface area contributed by atoms with Crippen LogP contribution in [0.2, 0.25) is 0 Å². The van der Waals surface area contributed by atoms with Crippen LogP contribution in [0.4, 0.5) is 5.82 Å². The predicted octanol–water partition coefficient (Wildman–Crippen LogP) is 1.42. The Bertz CT molecular complexity index is 376. The Balaban J connectivity index is 3.28. The molecule has 1 aromatic heterocycles. The van der Waals surface area contributed by atoms with E-state index in [1.165, 1.54) is 6.33 Å². The molecule has 6 heteroatoms. The van der Waals surface area contributed by atoms with Crippen molar-refractivity contribution in [3.05, 3.63) is 22.1 Å². The summed E-state index contributed by atoms with van der Waals surface area (Å²) < 4.78 is 1.69. The molecule has 0 bridgehead atoms. The minimum Gasteiger partial charge on any atom is -0.358 e. The van der Waals surface area contributed by atoms with Gasteiger partial charge in [0, 0.05) is 19.0 Å². The first-order valence-corrected chi connectivity index (χ1v) is 5.27. The molecule has 0 aliphatic rings. The van der Waals surface area contributed by atoms with Crippen molar-refractivity contribution in [1.82, 2.24) is 9.55 Å². The quantitative estimate of drug-likeness (QED) is 0.621. The average molecular weight is 226 g/mol. The van der Waals surface area contributed by atoms with E-state index in [1.807, 2.05) is 20.8 Å². The molecule has 1 aromatic rings. The monoisotopic (exact) mass is 226 g/mol. The second-order valence-corrected chi connectivity index (χ2v) is 4.45. The highest BCUT2D eigenvalue weighted by atomic mass is 16.6. The molecule has 2 atom stereocenters. The van der Waals surface area contributed by atoms with Crippen molar-refractivity contribution < 1.29 is 4.92 Å². The summed E-state index contributed by atoms with van der Waals surface area (Å²) in [7, 11) is 1.76. The lowest BCUT2D eigenvalue weighted by atomic mass is 9.86. The molecule has 1 heterocycles. The molecule has 1 rings (SSSR count). The van der Waals surface area contributed by atoms with Crippen LogP contribution in [0, 0.1) is 16.0 Å². The second kappa shape index (κ2) is 4.61. The van der Waals surface area contributed by atoms with E-state index in [-0.39, 0.29) is 23.7 Å². The van der Waals surface area contributed by atoms with Gasteiger partial charge in [-0.15, -0.1) is 0 Å². The Morgan fingerprint density at radius 3 is 2.44 bits per heavy atom. The van der Waals surface area contributed by atoms with Gasteiger partial charge in [0.05, 0.1) is 0 Å². The highest BCUT2D eigenvalue weighted by Crippen LogP contribution is 2.32. The van der Waals surface area contributed by atoms with E-state index in [1.54, 1.807) is 11.6 Å². The van der Waals surface area contributed by atoms with Crippen LogP contribution in [-0.2, 0) is 7.05 Å². The van der Waals surface area contributed by atoms with E-state index in [9.17, 15) is 10.1 Å². The number of imidazole rings is 1. The summed E-state index contributed by atoms with van der Waals surface area (Å²) in [5, 5.41) is 10.9. The van der Waals surface area contributed by atoms with Gasteiger partial charge in [-0.1, -0.05) is 13.8 Å². The number of nitrogens with zero attached hydrogens (tertiary/aromatic N) is 3. The molecule has 0 aliphatic carbocycles. The second-order valence-electron chi connectivity index (χ2n) is 4.45. The van der Waals surface area contributed by atoms with Crippen LogP contribution >= 0.6 is 0 Å². The molecule has 16 heavy (non-hydrogen) atoms. The standard InChI is InChI=1S/C10H18N4O2/c1-6(2)8(7(3)11)9-10(14(15)16)12-5-13(9)4/h5-8H,11H2,1-4H3. The zero-order chi connectivity index (χ0) is 12.5. The zero-order valence-electron chi connectivity index (χ0n) is 10.0. The fraction of sp³-hybridized carbons (Fsp3) is 0.700. The molecule has 6 nitrogen and oxygen atoms in total. The lowest BCUT2D eigenvalue weighted by Crippen LogP contribution is -2.30. The van der Waals surface area contributed by atoms with Gasteiger partial charge in [-0.05, 0) is 22.7 Å². The van der Waals surface area contributed by atoms with Crippen molar-refractivity contribution in [1.29, 1.82) is 0 Å². The van der Waals surface area contributed by atoms with Crippen LogP contribution in [0.3, 0.4) is 0 Å². The van der Waals surface area contributed by atoms with Gasteiger partial charge < -0.3 is 20.4 Å². The van der Waals surface area contributed by atoms with Crippen LogP contribution in [0.5, 0.6) is 0 Å². The molecule has 0 amide bonds. The number of rotatable bonds is 4. The first-order valence-electron chi connectivity index (χ1n) is 5.27. The van der Waals surface area contributed by atoms with Crippen molar-refractivity contribution in [2.75, 3.05) is 0 Å². The summed E-state index contributed by atoms with van der Waals surface area (Å²) in [6.07, 6.45) is 1.46. The van der Waals surface area contributed by atoms with Gasteiger partial charge in [-0.2, -0.15) is 0 Å². The van der Waals surface area contributed by atoms with Crippen molar-refractivity contribution in [2.24, 2.45) is 18.7 Å². The van der Waals surface area contributed by atoms with Crippen LogP contribution in [0.25, 0.3) is 0 Å². The largest absolute Gasteiger partial charge is 0.385 e. The van der Waals surface area contributed by atoms with Crippen LogP contribution in [0.1, 0.15) is 32.4 Å². The fourth-order valence-electron chi connectivity index (χ4n) is 2.12. The SMILES string of the molecule is CC(C)C(c1c([N+](=O)[O-])ncn1C)C(C)N. The van der Waals surface area contributed by atoms with Gasteiger partial charge in [-0.3, -0.25) is 0 Å². The van der Waals surface area contributed by atoms with Crippen molar-refractivity contribution in [3.63, 3.8) is 0 Å². The lowest BCUT2D eigenvalue weighted by Gasteiger charge is -2.24. The Morgan fingerprint density at radius 1 is 1.50 bits per heavy atom. The molecule has 0 saturated heterocycles. The molecule has 0 spiro atoms. The molecule has 0 aromatic carbocycles. The maximum absolute atomic E-state index is 10.9. The van der Waals surface area contributed by atoms with Crippen LogP contribution < -0.4 is 5.73 Å². The minimum absolute atomic E-state index is 0.0621. The summed E-state index contributed by atoms with van der Waals surface area (Å²) in [5.74, 6) is 0.0838. The molecule has 90 valence electrons. The Hall–Kier alpha value is -1.43. The maximum atomic E-state index is 10.9. The summed E-state index contributed by atoms with van der Waals surface area (Å²) in [6, 6.07) is -0.144. The van der Waals surface area contributed by atoms with Gasteiger partial charge in [0.2, 0.25) is 6.33 Å².